The van der Waals surface area contributed by atoms with Crippen LogP contribution >= 0.6 is 15.9 Å². The van der Waals surface area contributed by atoms with Crippen molar-refractivity contribution < 1.29 is 4.52 Å². The van der Waals surface area contributed by atoms with E-state index < -0.39 is 0 Å². The van der Waals surface area contributed by atoms with Crippen molar-refractivity contribution in [1.82, 2.24) is 10.1 Å². The first kappa shape index (κ1) is 9.47. The molecule has 16 heavy (non-hydrogen) atoms. The second kappa shape index (κ2) is 3.38. The van der Waals surface area contributed by atoms with Crippen LogP contribution in [0.4, 0.5) is 5.88 Å². The number of H-pyrrole nitrogens is 1. The molecule has 3 aromatic rings. The first-order valence-corrected chi connectivity index (χ1v) is 5.53. The Morgan fingerprint density at radius 1 is 1.38 bits per heavy atom. The van der Waals surface area contributed by atoms with E-state index >= 15 is 0 Å². The third-order valence-electron chi connectivity index (χ3n) is 2.47. The molecule has 0 aliphatic rings. The van der Waals surface area contributed by atoms with Crippen LogP contribution in [0, 0.1) is 0 Å². The van der Waals surface area contributed by atoms with Gasteiger partial charge in [0.15, 0.2) is 0 Å². The smallest absolute Gasteiger partial charge is 0.222 e. The third kappa shape index (κ3) is 1.32. The van der Waals surface area contributed by atoms with E-state index in [1.54, 1.807) is 6.07 Å². The standard InChI is InChI=1S/C11H8BrN3O/c12-8-5-14-11-6(8)2-1-3-7(11)9-4-10(13)16-15-9/h1-5,14H,13H2. The van der Waals surface area contributed by atoms with Gasteiger partial charge in [-0.2, -0.15) is 0 Å². The molecule has 80 valence electrons. The van der Waals surface area contributed by atoms with Gasteiger partial charge in [0.1, 0.15) is 5.69 Å². The van der Waals surface area contributed by atoms with E-state index in [0.29, 0.717) is 5.88 Å². The molecule has 0 amide bonds. The summed E-state index contributed by atoms with van der Waals surface area (Å²) >= 11 is 3.48. The minimum Gasteiger partial charge on any atom is -0.368 e. The monoisotopic (exact) mass is 277 g/mol. The van der Waals surface area contributed by atoms with Gasteiger partial charge in [-0.25, -0.2) is 0 Å². The first-order valence-electron chi connectivity index (χ1n) is 4.74. The Morgan fingerprint density at radius 2 is 2.25 bits per heavy atom. The van der Waals surface area contributed by atoms with Crippen LogP contribution in [0.5, 0.6) is 0 Å². The van der Waals surface area contributed by atoms with Crippen LogP contribution in [-0.2, 0) is 0 Å². The van der Waals surface area contributed by atoms with E-state index in [4.69, 9.17) is 10.3 Å². The predicted molar refractivity (Wildman–Crippen MR) is 65.9 cm³/mol. The molecular weight excluding hydrogens is 270 g/mol. The number of aromatic nitrogens is 2. The van der Waals surface area contributed by atoms with Gasteiger partial charge in [0, 0.05) is 27.7 Å². The van der Waals surface area contributed by atoms with Crippen molar-refractivity contribution in [3.63, 3.8) is 0 Å². The lowest BCUT2D eigenvalue weighted by molar-refractivity contribution is 0.439. The maximum atomic E-state index is 5.52. The molecule has 5 heteroatoms. The molecule has 0 aliphatic heterocycles. The Balaban J connectivity index is 2.31. The van der Waals surface area contributed by atoms with E-state index in [0.717, 1.165) is 26.6 Å². The van der Waals surface area contributed by atoms with Crippen LogP contribution in [0.25, 0.3) is 22.2 Å². The Bertz CT molecular complexity index is 656. The summed E-state index contributed by atoms with van der Waals surface area (Å²) in [5.74, 6) is 0.317. The Kier molecular flexibility index (Phi) is 2.00. The second-order valence-corrected chi connectivity index (χ2v) is 4.33. The number of nitrogens with two attached hydrogens (primary N) is 1. The van der Waals surface area contributed by atoms with Crippen LogP contribution < -0.4 is 5.73 Å². The number of nitrogen functional groups attached to an aromatic ring is 1. The van der Waals surface area contributed by atoms with Gasteiger partial charge < -0.3 is 15.2 Å². The number of aromatic amines is 1. The summed E-state index contributed by atoms with van der Waals surface area (Å²) in [6, 6.07) is 7.69. The van der Waals surface area contributed by atoms with E-state index in [-0.39, 0.29) is 0 Å². The molecular formula is C11H8BrN3O. The van der Waals surface area contributed by atoms with Crippen molar-refractivity contribution in [3.8, 4) is 11.3 Å². The fourth-order valence-electron chi connectivity index (χ4n) is 1.75. The summed E-state index contributed by atoms with van der Waals surface area (Å²) in [5, 5.41) is 5.02. The molecule has 0 atom stereocenters. The van der Waals surface area contributed by atoms with Crippen LogP contribution in [0.1, 0.15) is 0 Å². The maximum Gasteiger partial charge on any atom is 0.222 e. The zero-order valence-corrected chi connectivity index (χ0v) is 9.78. The molecule has 0 bridgehead atoms. The topological polar surface area (TPSA) is 67.8 Å². The van der Waals surface area contributed by atoms with Gasteiger partial charge in [-0.05, 0) is 15.9 Å². The summed E-state index contributed by atoms with van der Waals surface area (Å²) in [6.45, 7) is 0. The van der Waals surface area contributed by atoms with Gasteiger partial charge in [-0.15, -0.1) is 0 Å². The number of nitrogens with zero attached hydrogens (tertiary/aromatic N) is 1. The lowest BCUT2D eigenvalue weighted by Gasteiger charge is -1.97. The van der Waals surface area contributed by atoms with Crippen molar-refractivity contribution >= 4 is 32.7 Å². The highest BCUT2D eigenvalue weighted by Gasteiger charge is 2.10. The predicted octanol–water partition coefficient (Wildman–Crippen LogP) is 3.17. The number of nitrogens with one attached hydrogen (secondary N) is 1. The van der Waals surface area contributed by atoms with Gasteiger partial charge in [0.25, 0.3) is 0 Å². The van der Waals surface area contributed by atoms with Gasteiger partial charge >= 0.3 is 0 Å². The number of para-hydroxylation sites is 1. The van der Waals surface area contributed by atoms with Crippen LogP contribution in [0.3, 0.4) is 0 Å². The molecule has 1 aromatic carbocycles. The average molecular weight is 278 g/mol. The summed E-state index contributed by atoms with van der Waals surface area (Å²) in [7, 11) is 0. The van der Waals surface area contributed by atoms with Crippen molar-refractivity contribution in [1.29, 1.82) is 0 Å². The van der Waals surface area contributed by atoms with E-state index in [2.05, 4.69) is 26.1 Å². The highest BCUT2D eigenvalue weighted by Crippen LogP contribution is 2.31. The molecule has 2 aromatic heterocycles. The Labute approximate surface area is 99.6 Å². The van der Waals surface area contributed by atoms with Gasteiger partial charge in [-0.3, -0.25) is 0 Å². The number of benzene rings is 1. The highest BCUT2D eigenvalue weighted by atomic mass is 79.9. The normalized spacial score (nSPS) is 11.1. The molecule has 0 radical (unpaired) electrons. The molecule has 0 spiro atoms. The molecule has 2 heterocycles. The molecule has 0 saturated carbocycles. The first-order chi connectivity index (χ1) is 7.75. The molecule has 0 unspecified atom stereocenters. The van der Waals surface area contributed by atoms with Crippen molar-refractivity contribution in [2.45, 2.75) is 0 Å². The molecule has 0 aliphatic carbocycles. The quantitative estimate of drug-likeness (QED) is 0.718. The summed E-state index contributed by atoms with van der Waals surface area (Å²) in [4.78, 5) is 3.19. The van der Waals surface area contributed by atoms with E-state index in [1.807, 2.05) is 24.4 Å². The van der Waals surface area contributed by atoms with Gasteiger partial charge in [0.05, 0.1) is 5.52 Å². The maximum absolute atomic E-state index is 5.52. The third-order valence-corrected chi connectivity index (χ3v) is 3.13. The van der Waals surface area contributed by atoms with Crippen molar-refractivity contribution in [2.24, 2.45) is 0 Å². The number of anilines is 1. The Hall–Kier alpha value is -1.75. The van der Waals surface area contributed by atoms with Crippen LogP contribution in [-0.4, -0.2) is 10.1 Å². The van der Waals surface area contributed by atoms with Crippen molar-refractivity contribution in [3.05, 3.63) is 34.9 Å². The minimum absolute atomic E-state index is 0.317. The number of rotatable bonds is 1. The minimum atomic E-state index is 0.317. The lowest BCUT2D eigenvalue weighted by Crippen LogP contribution is -1.80. The molecule has 3 N–H and O–H groups in total. The summed E-state index contributed by atoms with van der Waals surface area (Å²) in [6.07, 6.45) is 1.90. The zero-order valence-electron chi connectivity index (χ0n) is 8.20. The zero-order chi connectivity index (χ0) is 11.1. The average Bonchev–Trinajstić information content (AvgIpc) is 2.86. The van der Waals surface area contributed by atoms with Crippen molar-refractivity contribution in [2.75, 3.05) is 5.73 Å². The van der Waals surface area contributed by atoms with E-state index in [9.17, 15) is 0 Å². The van der Waals surface area contributed by atoms with Crippen LogP contribution in [0.15, 0.2) is 39.5 Å². The molecule has 0 saturated heterocycles. The number of fused-ring (bicyclic) bond motifs is 1. The van der Waals surface area contributed by atoms with E-state index in [1.165, 1.54) is 0 Å². The number of hydrogen-bond donors (Lipinski definition) is 2. The second-order valence-electron chi connectivity index (χ2n) is 3.48. The Morgan fingerprint density at radius 3 is 3.00 bits per heavy atom. The summed E-state index contributed by atoms with van der Waals surface area (Å²) < 4.78 is 5.91. The fraction of sp³-hybridized carbons (Fsp3) is 0. The number of halogens is 1. The SMILES string of the molecule is Nc1cc(-c2cccc3c(Br)c[nH]c23)no1. The number of hydrogen-bond acceptors (Lipinski definition) is 3. The molecule has 0 fully saturated rings. The molecule has 4 nitrogen and oxygen atoms in total. The lowest BCUT2D eigenvalue weighted by atomic mass is 10.1. The highest BCUT2D eigenvalue weighted by molar-refractivity contribution is 9.10. The largest absolute Gasteiger partial charge is 0.368 e. The fourth-order valence-corrected chi connectivity index (χ4v) is 2.19. The van der Waals surface area contributed by atoms with Crippen LogP contribution in [0.2, 0.25) is 0 Å². The summed E-state index contributed by atoms with van der Waals surface area (Å²) in [5.41, 5.74) is 8.24. The molecule has 3 rings (SSSR count). The van der Waals surface area contributed by atoms with Gasteiger partial charge in [0.2, 0.25) is 5.88 Å². The van der Waals surface area contributed by atoms with Gasteiger partial charge in [-0.1, -0.05) is 23.4 Å².